The number of aromatic nitrogens is 1. The Morgan fingerprint density at radius 2 is 1.83 bits per heavy atom. The number of nitrogens with zero attached hydrogens (tertiary/aromatic N) is 3. The van der Waals surface area contributed by atoms with Gasteiger partial charge in [-0.2, -0.15) is 0 Å². The number of hydrogen-bond donors (Lipinski definition) is 1. The Bertz CT molecular complexity index is 1200. The summed E-state index contributed by atoms with van der Waals surface area (Å²) in [7, 11) is 0. The Hall–Kier alpha value is -2.97. The lowest BCUT2D eigenvalue weighted by Crippen LogP contribution is -2.53. The molecule has 0 spiro atoms. The van der Waals surface area contributed by atoms with Gasteiger partial charge in [0.2, 0.25) is 0 Å². The van der Waals surface area contributed by atoms with Crippen molar-refractivity contribution >= 4 is 12.1 Å². The van der Waals surface area contributed by atoms with Gasteiger partial charge in [0.1, 0.15) is 11.7 Å². The number of esters is 1. The van der Waals surface area contributed by atoms with Crippen molar-refractivity contribution in [3.05, 3.63) is 66.0 Å². The number of amides is 1. The fourth-order valence-corrected chi connectivity index (χ4v) is 6.92. The molecule has 8 nitrogen and oxygen atoms in total. The van der Waals surface area contributed by atoms with E-state index in [1.165, 1.54) is 38.5 Å². The maximum Gasteiger partial charge on any atom is 0.410 e. The molecule has 0 radical (unpaired) electrons. The topological polar surface area (TPSA) is 92.2 Å². The molecule has 3 aliphatic rings. The molecule has 254 valence electrons. The first-order valence-corrected chi connectivity index (χ1v) is 17.6. The van der Waals surface area contributed by atoms with E-state index in [1.807, 2.05) is 51.3 Å². The van der Waals surface area contributed by atoms with Crippen molar-refractivity contribution in [2.45, 2.75) is 122 Å². The number of allylic oxidation sites excluding steroid dienone is 3. The molecular formula is C38H57N3O5. The van der Waals surface area contributed by atoms with Gasteiger partial charge in [-0.25, -0.2) is 4.79 Å². The molecule has 0 unspecified atom stereocenters. The summed E-state index contributed by atoms with van der Waals surface area (Å²) in [4.78, 5) is 35.0. The number of hydrogen-bond acceptors (Lipinski definition) is 7. The van der Waals surface area contributed by atoms with Gasteiger partial charge in [0.25, 0.3) is 0 Å². The third-order valence-corrected chi connectivity index (χ3v) is 10.2. The van der Waals surface area contributed by atoms with Crippen LogP contribution in [0.2, 0.25) is 0 Å². The van der Waals surface area contributed by atoms with Crippen LogP contribution in [-0.4, -0.2) is 82.0 Å². The van der Waals surface area contributed by atoms with Gasteiger partial charge < -0.3 is 19.5 Å². The summed E-state index contributed by atoms with van der Waals surface area (Å²) in [6.07, 6.45) is 20.8. The van der Waals surface area contributed by atoms with Crippen molar-refractivity contribution in [1.82, 2.24) is 14.8 Å². The molecule has 2 fully saturated rings. The van der Waals surface area contributed by atoms with Crippen LogP contribution >= 0.6 is 0 Å². The van der Waals surface area contributed by atoms with E-state index in [0.717, 1.165) is 24.2 Å². The third kappa shape index (κ3) is 10.5. The quantitative estimate of drug-likeness (QED) is 0.153. The molecule has 8 heteroatoms. The second kappa shape index (κ2) is 17.3. The van der Waals surface area contributed by atoms with Crippen molar-refractivity contribution < 1.29 is 24.2 Å². The predicted octanol–water partition coefficient (Wildman–Crippen LogP) is 7.21. The highest BCUT2D eigenvalue weighted by molar-refractivity contribution is 5.70. The van der Waals surface area contributed by atoms with Gasteiger partial charge in [0.15, 0.2) is 6.10 Å². The van der Waals surface area contributed by atoms with Gasteiger partial charge in [0, 0.05) is 62.9 Å². The predicted molar refractivity (Wildman–Crippen MR) is 182 cm³/mol. The molecule has 1 aliphatic carbocycles. The maximum atomic E-state index is 13.5. The van der Waals surface area contributed by atoms with Crippen molar-refractivity contribution in [1.29, 1.82) is 0 Å². The Morgan fingerprint density at radius 1 is 1.11 bits per heavy atom. The average Bonchev–Trinajstić information content (AvgIpc) is 3.34. The number of rotatable bonds is 6. The molecule has 46 heavy (non-hydrogen) atoms. The molecule has 1 saturated carbocycles. The first-order chi connectivity index (χ1) is 22.0. The number of pyridine rings is 1. The van der Waals surface area contributed by atoms with Crippen LogP contribution in [0.4, 0.5) is 4.79 Å². The molecule has 0 aromatic carbocycles. The van der Waals surface area contributed by atoms with Crippen LogP contribution in [0, 0.1) is 11.8 Å². The molecule has 1 aromatic rings. The summed E-state index contributed by atoms with van der Waals surface area (Å²) in [6, 6.07) is 4.61. The van der Waals surface area contributed by atoms with E-state index in [-0.39, 0.29) is 36.2 Å². The van der Waals surface area contributed by atoms with E-state index in [2.05, 4.69) is 29.0 Å². The lowest BCUT2D eigenvalue weighted by Gasteiger charge is -2.40. The van der Waals surface area contributed by atoms with Crippen LogP contribution in [0.3, 0.4) is 0 Å². The first-order valence-electron chi connectivity index (χ1n) is 17.6. The van der Waals surface area contributed by atoms with Crippen molar-refractivity contribution in [3.63, 3.8) is 0 Å². The molecule has 1 saturated heterocycles. The number of ether oxygens (including phenoxy) is 2. The molecule has 1 amide bonds. The largest absolute Gasteiger partial charge is 0.457 e. The summed E-state index contributed by atoms with van der Waals surface area (Å²) in [5, 5.41) is 11.6. The summed E-state index contributed by atoms with van der Waals surface area (Å²) < 4.78 is 12.1. The average molecular weight is 636 g/mol. The number of carbonyl (C=O) groups is 2. The van der Waals surface area contributed by atoms with Gasteiger partial charge in [-0.3, -0.25) is 14.7 Å². The van der Waals surface area contributed by atoms with E-state index >= 15 is 0 Å². The van der Waals surface area contributed by atoms with E-state index < -0.39 is 17.8 Å². The number of carbonyl (C=O) groups excluding carboxylic acids is 2. The molecule has 6 atom stereocenters. The van der Waals surface area contributed by atoms with Crippen LogP contribution in [-0.2, 0) is 14.3 Å². The van der Waals surface area contributed by atoms with Crippen LogP contribution in [0.25, 0.3) is 0 Å². The molecule has 1 aromatic heterocycles. The molecule has 1 N–H and O–H groups in total. The van der Waals surface area contributed by atoms with Gasteiger partial charge in [0.05, 0.1) is 0 Å². The lowest BCUT2D eigenvalue weighted by molar-refractivity contribution is -0.150. The zero-order valence-electron chi connectivity index (χ0n) is 28.8. The van der Waals surface area contributed by atoms with E-state index in [0.29, 0.717) is 32.0 Å². The monoisotopic (exact) mass is 635 g/mol. The maximum absolute atomic E-state index is 13.5. The van der Waals surface area contributed by atoms with Crippen molar-refractivity contribution in [2.24, 2.45) is 11.8 Å². The summed E-state index contributed by atoms with van der Waals surface area (Å²) >= 11 is 0. The fourth-order valence-electron chi connectivity index (χ4n) is 6.92. The van der Waals surface area contributed by atoms with Crippen molar-refractivity contribution in [3.8, 4) is 0 Å². The summed E-state index contributed by atoms with van der Waals surface area (Å²) in [6.45, 7) is 12.8. The number of aliphatic hydroxyl groups is 1. The van der Waals surface area contributed by atoms with Crippen LogP contribution in [0.1, 0.15) is 104 Å². The van der Waals surface area contributed by atoms with Crippen LogP contribution in [0.15, 0.2) is 60.5 Å². The molecule has 0 bridgehead atoms. The summed E-state index contributed by atoms with van der Waals surface area (Å²) in [5.74, 6) is -0.257. The van der Waals surface area contributed by atoms with Gasteiger partial charge in [-0.05, 0) is 68.7 Å². The Labute approximate surface area is 276 Å². The summed E-state index contributed by atoms with van der Waals surface area (Å²) in [5.41, 5.74) is 0.759. The lowest BCUT2D eigenvalue weighted by atomic mass is 9.87. The van der Waals surface area contributed by atoms with Gasteiger partial charge in [-0.15, -0.1) is 0 Å². The van der Waals surface area contributed by atoms with Gasteiger partial charge in [-0.1, -0.05) is 76.8 Å². The standard InChI is InChI=1S/C38H57N3O5/c1-28-19-20-38(5,44)34(45-37(43)41-24-22-40(23-25-41)33-15-8-6-7-9-16-33)18-17-31(4)36(46-35(42)26-28)30(3)13-10-12-29(2)32-14-11-21-39-27-32/h10-14,17-18,21,27-29,31,33-34,36,44H,6-9,15-16,19-20,22-26H2,1-5H3/b12-10+,18-17+,30-13+/t28-,29-,31+,34+,36-,38-/m1/s1. The van der Waals surface area contributed by atoms with Crippen LogP contribution in [0.5, 0.6) is 0 Å². The second-order valence-corrected chi connectivity index (χ2v) is 14.2. The second-order valence-electron chi connectivity index (χ2n) is 14.2. The zero-order valence-corrected chi connectivity index (χ0v) is 28.8. The number of cyclic esters (lactones) is 1. The molecular weight excluding hydrogens is 578 g/mol. The zero-order chi connectivity index (χ0) is 33.1. The van der Waals surface area contributed by atoms with Gasteiger partial charge >= 0.3 is 12.1 Å². The highest BCUT2D eigenvalue weighted by Crippen LogP contribution is 2.29. The molecule has 4 rings (SSSR count). The number of piperazine rings is 1. The highest BCUT2D eigenvalue weighted by Gasteiger charge is 2.37. The van der Waals surface area contributed by atoms with E-state index in [1.54, 1.807) is 24.1 Å². The molecule has 3 heterocycles. The smallest absolute Gasteiger partial charge is 0.410 e. The molecule has 2 aliphatic heterocycles. The SMILES string of the molecule is C/C(=C\C=C\[C@@H](C)c1cccnc1)[C@H]1OC(=O)C[C@H](C)CC[C@@](C)(O)[C@@H](OC(=O)N2CCN(C3CCCCCC3)CC2)/C=C/[C@@H]1C. The fraction of sp³-hybridized carbons (Fsp3) is 0.658. The minimum atomic E-state index is -1.28. The minimum absolute atomic E-state index is 0.0104. The highest BCUT2D eigenvalue weighted by atomic mass is 16.6. The minimum Gasteiger partial charge on any atom is -0.457 e. The van der Waals surface area contributed by atoms with Crippen molar-refractivity contribution in [2.75, 3.05) is 26.2 Å². The Kier molecular flexibility index (Phi) is 13.5. The first kappa shape index (κ1) is 35.9. The van der Waals surface area contributed by atoms with E-state index in [9.17, 15) is 14.7 Å². The van der Waals surface area contributed by atoms with E-state index in [4.69, 9.17) is 9.47 Å². The Balaban J connectivity index is 1.45. The Morgan fingerprint density at radius 3 is 2.50 bits per heavy atom. The third-order valence-electron chi connectivity index (χ3n) is 10.2. The normalized spacial score (nSPS) is 31.3. The van der Waals surface area contributed by atoms with Crippen LogP contribution < -0.4 is 0 Å².